The molecular formula is C25H30ClFN2O6S2. The number of hydrogen-bond donors (Lipinski definition) is 1. The van der Waals surface area contributed by atoms with Crippen molar-refractivity contribution in [1.82, 2.24) is 9.62 Å². The van der Waals surface area contributed by atoms with Gasteiger partial charge in [-0.3, -0.25) is 4.79 Å². The average Bonchev–Trinajstić information content (AvgIpc) is 2.85. The molecule has 202 valence electrons. The third-order valence-corrected chi connectivity index (χ3v) is 9.02. The normalized spacial score (nSPS) is 17.4. The number of sulfonamides is 1. The summed E-state index contributed by atoms with van der Waals surface area (Å²) in [4.78, 5) is 12.7. The van der Waals surface area contributed by atoms with Gasteiger partial charge in [-0.25, -0.2) is 21.2 Å². The van der Waals surface area contributed by atoms with E-state index in [0.29, 0.717) is 28.3 Å². The molecule has 1 amide bonds. The second-order valence-corrected chi connectivity index (χ2v) is 13.2. The van der Waals surface area contributed by atoms with E-state index in [1.807, 2.05) is 0 Å². The fraction of sp³-hybridized carbons (Fsp3) is 0.400. The number of carbonyl (C=O) groups is 1. The van der Waals surface area contributed by atoms with E-state index in [0.717, 1.165) is 16.0 Å². The highest BCUT2D eigenvalue weighted by Crippen LogP contribution is 2.36. The van der Waals surface area contributed by atoms with Crippen LogP contribution < -0.4 is 10.1 Å². The van der Waals surface area contributed by atoms with Crippen molar-refractivity contribution in [3.05, 3.63) is 59.0 Å². The first-order valence-corrected chi connectivity index (χ1v) is 15.4. The molecule has 3 rings (SSSR count). The number of methoxy groups -OCH3 is 1. The van der Waals surface area contributed by atoms with Crippen LogP contribution in [0, 0.1) is 0 Å². The summed E-state index contributed by atoms with van der Waals surface area (Å²) in [6.07, 6.45) is 2.00. The van der Waals surface area contributed by atoms with Crippen molar-refractivity contribution in [2.24, 2.45) is 0 Å². The Bertz CT molecular complexity index is 1390. The highest BCUT2D eigenvalue weighted by Gasteiger charge is 2.45. The average molecular weight is 573 g/mol. The van der Waals surface area contributed by atoms with Gasteiger partial charge in [0.1, 0.15) is 5.75 Å². The van der Waals surface area contributed by atoms with E-state index in [1.54, 1.807) is 37.3 Å². The van der Waals surface area contributed by atoms with E-state index in [1.165, 1.54) is 25.3 Å². The van der Waals surface area contributed by atoms with Crippen LogP contribution in [0.25, 0.3) is 11.1 Å². The van der Waals surface area contributed by atoms with Gasteiger partial charge in [0.2, 0.25) is 10.0 Å². The quantitative estimate of drug-likeness (QED) is 0.487. The zero-order valence-corrected chi connectivity index (χ0v) is 23.2. The number of sulfone groups is 1. The predicted molar refractivity (Wildman–Crippen MR) is 141 cm³/mol. The molecule has 12 heteroatoms. The van der Waals surface area contributed by atoms with E-state index in [9.17, 15) is 21.6 Å². The van der Waals surface area contributed by atoms with Gasteiger partial charge >= 0.3 is 0 Å². The monoisotopic (exact) mass is 572 g/mol. The van der Waals surface area contributed by atoms with Crippen LogP contribution in [0.5, 0.6) is 5.75 Å². The number of hydrogen-bond acceptors (Lipinski definition) is 6. The molecule has 1 aliphatic rings. The van der Waals surface area contributed by atoms with Crippen LogP contribution in [0.3, 0.4) is 0 Å². The molecular weight excluding hydrogens is 543 g/mol. The minimum atomic E-state index is -4.05. The van der Waals surface area contributed by atoms with Gasteiger partial charge in [0.05, 0.1) is 12.0 Å². The van der Waals surface area contributed by atoms with Crippen LogP contribution in [-0.4, -0.2) is 65.2 Å². The largest absolute Gasteiger partial charge is 0.497 e. The Morgan fingerprint density at radius 1 is 1.19 bits per heavy atom. The number of alkyl halides is 1. The number of carbonyl (C=O) groups excluding carboxylic acids is 1. The van der Waals surface area contributed by atoms with Gasteiger partial charge in [0, 0.05) is 54.2 Å². The molecule has 1 atom stereocenters. The van der Waals surface area contributed by atoms with Crippen molar-refractivity contribution in [1.29, 1.82) is 0 Å². The van der Waals surface area contributed by atoms with Gasteiger partial charge in [0.15, 0.2) is 15.5 Å². The predicted octanol–water partition coefficient (Wildman–Crippen LogP) is 3.96. The molecule has 8 nitrogen and oxygen atoms in total. The van der Waals surface area contributed by atoms with Gasteiger partial charge in [-0.2, -0.15) is 4.31 Å². The molecule has 0 radical (unpaired) electrons. The fourth-order valence-electron chi connectivity index (χ4n) is 4.01. The molecule has 0 aliphatic carbocycles. The van der Waals surface area contributed by atoms with E-state index in [4.69, 9.17) is 16.3 Å². The topological polar surface area (TPSA) is 110 Å². The zero-order valence-electron chi connectivity index (χ0n) is 20.8. The van der Waals surface area contributed by atoms with E-state index in [-0.39, 0.29) is 30.8 Å². The van der Waals surface area contributed by atoms with E-state index >= 15 is 4.39 Å². The number of benzene rings is 2. The molecule has 0 unspecified atom stereocenters. The highest BCUT2D eigenvalue weighted by molar-refractivity contribution is 7.93. The molecule has 0 aromatic heterocycles. The second-order valence-electron chi connectivity index (χ2n) is 8.89. The lowest BCUT2D eigenvalue weighted by Gasteiger charge is -2.35. The van der Waals surface area contributed by atoms with E-state index < -0.39 is 37.5 Å². The van der Waals surface area contributed by atoms with Crippen molar-refractivity contribution in [3.8, 4) is 16.9 Å². The number of amides is 1. The summed E-state index contributed by atoms with van der Waals surface area (Å²) < 4.78 is 71.9. The highest BCUT2D eigenvalue weighted by atomic mass is 35.5. The van der Waals surface area contributed by atoms with Crippen molar-refractivity contribution < 1.29 is 30.8 Å². The third kappa shape index (κ3) is 7.10. The lowest BCUT2D eigenvalue weighted by molar-refractivity contribution is -0.135. The van der Waals surface area contributed by atoms with Crippen LogP contribution in [0.15, 0.2) is 58.8 Å². The summed E-state index contributed by atoms with van der Waals surface area (Å²) in [5.74, 6) is -0.345. The van der Waals surface area contributed by atoms with Crippen molar-refractivity contribution in [2.75, 3.05) is 26.5 Å². The Labute approximate surface area is 222 Å². The Morgan fingerprint density at radius 3 is 2.46 bits per heavy atom. The Balaban J connectivity index is 1.80. The van der Waals surface area contributed by atoms with Gasteiger partial charge < -0.3 is 10.1 Å². The van der Waals surface area contributed by atoms with Crippen LogP contribution in [-0.2, 0) is 24.7 Å². The minimum absolute atomic E-state index is 0.0120. The Hall–Kier alpha value is -2.47. The van der Waals surface area contributed by atoms with Crippen molar-refractivity contribution in [2.45, 2.75) is 42.8 Å². The number of nitrogens with one attached hydrogen (secondary N) is 1. The van der Waals surface area contributed by atoms with Gasteiger partial charge in [-0.15, -0.1) is 0 Å². The first kappa shape index (κ1) is 29.1. The van der Waals surface area contributed by atoms with Crippen molar-refractivity contribution >= 4 is 37.4 Å². The lowest BCUT2D eigenvalue weighted by Crippen LogP contribution is -2.53. The molecule has 1 aliphatic heterocycles. The molecule has 1 fully saturated rings. The van der Waals surface area contributed by atoms with E-state index in [2.05, 4.69) is 5.32 Å². The summed E-state index contributed by atoms with van der Waals surface area (Å²) in [6.45, 7) is 1.31. The minimum Gasteiger partial charge on any atom is -0.497 e. The number of nitrogens with zero attached hydrogens (tertiary/aromatic N) is 1. The number of halogens is 2. The maximum absolute atomic E-state index is 15.6. The summed E-state index contributed by atoms with van der Waals surface area (Å²) in [7, 11) is -5.94. The van der Waals surface area contributed by atoms with Crippen LogP contribution in [0.1, 0.15) is 26.2 Å². The maximum atomic E-state index is 15.6. The van der Waals surface area contributed by atoms with Gasteiger partial charge in [-0.05, 0) is 42.3 Å². The molecule has 2 aromatic carbocycles. The lowest BCUT2D eigenvalue weighted by atomic mass is 9.93. The molecule has 0 saturated carbocycles. The third-order valence-electron chi connectivity index (χ3n) is 6.18. The first-order valence-electron chi connectivity index (χ1n) is 11.6. The molecule has 1 saturated heterocycles. The molecule has 0 spiro atoms. The van der Waals surface area contributed by atoms with Gasteiger partial charge in [0.25, 0.3) is 5.91 Å². The molecule has 1 heterocycles. The number of rotatable bonds is 9. The molecule has 2 aromatic rings. The molecule has 1 N–H and O–H groups in total. The molecule has 37 heavy (non-hydrogen) atoms. The summed E-state index contributed by atoms with van der Waals surface area (Å²) in [5, 5.41) is 3.84. The Morgan fingerprint density at radius 2 is 1.86 bits per heavy atom. The van der Waals surface area contributed by atoms with Crippen LogP contribution >= 0.6 is 11.6 Å². The zero-order chi connectivity index (χ0) is 27.4. The molecule has 0 bridgehead atoms. The first-order chi connectivity index (χ1) is 17.3. The Kier molecular flexibility index (Phi) is 9.05. The van der Waals surface area contributed by atoms with Crippen LogP contribution in [0.4, 0.5) is 4.39 Å². The summed E-state index contributed by atoms with van der Waals surface area (Å²) in [6, 6.07) is 10.7. The second kappa shape index (κ2) is 11.5. The van der Waals surface area contributed by atoms with Crippen molar-refractivity contribution in [3.63, 3.8) is 0 Å². The fourth-order valence-corrected chi connectivity index (χ4v) is 6.30. The number of piperidine rings is 1. The van der Waals surface area contributed by atoms with Gasteiger partial charge in [-0.1, -0.05) is 36.7 Å². The summed E-state index contributed by atoms with van der Waals surface area (Å²) in [5.41, 5.74) is -1.32. The SMILES string of the molecule is CC[C@@H](/C=C\S(C)(=O)=O)NC(=O)C1(F)CCN(S(=O)(=O)c2ccc(Cl)cc2-c2cccc(OC)c2)CC1. The standard InChI is InChI=1S/C25H30ClFN2O6S2/c1-4-20(10-15-36(3,31)32)28-24(30)25(27)11-13-29(14-12-25)37(33,34)23-9-8-19(26)17-22(23)18-6-5-7-21(16-18)35-2/h5-10,15-17,20H,4,11-14H2,1-3H3,(H,28,30)/b15-10-/t20-/m0/s1. The number of ether oxygens (including phenoxy) is 1. The maximum Gasteiger partial charge on any atom is 0.258 e. The van der Waals surface area contributed by atoms with Crippen LogP contribution in [0.2, 0.25) is 5.02 Å². The smallest absolute Gasteiger partial charge is 0.258 e. The summed E-state index contributed by atoms with van der Waals surface area (Å²) >= 11 is 6.18.